The van der Waals surface area contributed by atoms with E-state index in [1.165, 1.54) is 18.9 Å². The molecule has 1 N–H and O–H groups in total. The molecule has 2 aromatic carbocycles. The molecular weight excluding hydrogens is 402 g/mol. The monoisotopic (exact) mass is 429 g/mol. The molecule has 0 aliphatic carbocycles. The van der Waals surface area contributed by atoms with Crippen LogP contribution in [0.25, 0.3) is 11.0 Å². The number of pyridine rings is 1. The van der Waals surface area contributed by atoms with Gasteiger partial charge < -0.3 is 19.5 Å². The molecule has 164 valence electrons. The van der Waals surface area contributed by atoms with E-state index in [9.17, 15) is 0 Å². The summed E-state index contributed by atoms with van der Waals surface area (Å²) in [6.45, 7) is 6.62. The summed E-state index contributed by atoms with van der Waals surface area (Å²) in [7, 11) is 3.49. The van der Waals surface area contributed by atoms with Gasteiger partial charge in [-0.1, -0.05) is 38.1 Å². The minimum Gasteiger partial charge on any atom is -0.457 e. The minimum atomic E-state index is 0.0819. The van der Waals surface area contributed by atoms with E-state index >= 15 is 0 Å². The Kier molecular flexibility index (Phi) is 5.81. The molecule has 4 rings (SSSR count). The Balaban J connectivity index is 1.58. The quantitative estimate of drug-likeness (QED) is 0.311. The number of anilines is 2. The molecule has 2 aromatic heterocycles. The third-order valence-corrected chi connectivity index (χ3v) is 5.12. The third-order valence-electron chi connectivity index (χ3n) is 5.12. The Morgan fingerprint density at radius 1 is 1.03 bits per heavy atom. The third kappa shape index (κ3) is 4.72. The lowest BCUT2D eigenvalue weighted by Crippen LogP contribution is -2.11. The van der Waals surface area contributed by atoms with Crippen LogP contribution in [0, 0.1) is 0 Å². The highest BCUT2D eigenvalue weighted by Crippen LogP contribution is 2.29. The highest BCUT2D eigenvalue weighted by molar-refractivity contribution is 5.81. The number of aromatic nitrogens is 3. The van der Waals surface area contributed by atoms with Crippen molar-refractivity contribution in [3.8, 4) is 11.5 Å². The zero-order valence-electron chi connectivity index (χ0n) is 19.0. The molecule has 0 radical (unpaired) electrons. The van der Waals surface area contributed by atoms with Gasteiger partial charge in [0, 0.05) is 31.1 Å². The van der Waals surface area contributed by atoms with Crippen LogP contribution in [0.5, 0.6) is 11.5 Å². The number of aryl methyl sites for hydroxylation is 1. The Morgan fingerprint density at radius 2 is 1.84 bits per heavy atom. The number of benzene rings is 2. The van der Waals surface area contributed by atoms with Gasteiger partial charge in [0.1, 0.15) is 18.6 Å². The molecule has 0 aliphatic heterocycles. The molecule has 2 heterocycles. The van der Waals surface area contributed by atoms with E-state index in [1.807, 2.05) is 29.8 Å². The van der Waals surface area contributed by atoms with Crippen LogP contribution in [0.15, 0.2) is 65.9 Å². The first kappa shape index (κ1) is 21.4. The van der Waals surface area contributed by atoms with Gasteiger partial charge in [0.25, 0.3) is 0 Å². The summed E-state index contributed by atoms with van der Waals surface area (Å²) in [6, 6.07) is 17.9. The van der Waals surface area contributed by atoms with Gasteiger partial charge in [0.05, 0.1) is 22.9 Å². The summed E-state index contributed by atoms with van der Waals surface area (Å²) >= 11 is 0. The van der Waals surface area contributed by atoms with E-state index in [4.69, 9.17) is 14.6 Å². The molecule has 0 amide bonds. The normalized spacial score (nSPS) is 11.8. The van der Waals surface area contributed by atoms with Crippen LogP contribution in [0.3, 0.4) is 0 Å². The Bertz CT molecular complexity index is 1270. The number of hydrogen-bond acceptors (Lipinski definition) is 6. The zero-order valence-corrected chi connectivity index (χ0v) is 19.0. The summed E-state index contributed by atoms with van der Waals surface area (Å²) in [4.78, 5) is 13.7. The first-order valence-corrected chi connectivity index (χ1v) is 10.4. The predicted molar refractivity (Wildman–Crippen MR) is 128 cm³/mol. The molecule has 0 unspecified atom stereocenters. The molecule has 0 bridgehead atoms. The maximum absolute atomic E-state index is 6.02. The average molecular weight is 430 g/mol. The lowest BCUT2D eigenvalue weighted by atomic mass is 9.87. The van der Waals surface area contributed by atoms with Crippen LogP contribution in [0.4, 0.5) is 11.6 Å². The summed E-state index contributed by atoms with van der Waals surface area (Å²) in [5.41, 5.74) is 4.85. The molecular formula is C25H27N5O2. The zero-order chi connectivity index (χ0) is 22.7. The first-order chi connectivity index (χ1) is 15.3. The van der Waals surface area contributed by atoms with Crippen molar-refractivity contribution >= 4 is 28.9 Å². The van der Waals surface area contributed by atoms with Gasteiger partial charge in [0.15, 0.2) is 0 Å². The van der Waals surface area contributed by atoms with Crippen molar-refractivity contribution in [2.45, 2.75) is 26.2 Å². The van der Waals surface area contributed by atoms with Crippen molar-refractivity contribution in [3.63, 3.8) is 0 Å². The molecule has 0 atom stereocenters. The lowest BCUT2D eigenvalue weighted by molar-refractivity contribution is 0.215. The molecule has 0 spiro atoms. The van der Waals surface area contributed by atoms with E-state index in [2.05, 4.69) is 60.5 Å². The van der Waals surface area contributed by atoms with E-state index in [0.717, 1.165) is 22.7 Å². The smallest absolute Gasteiger partial charge is 0.208 e. The summed E-state index contributed by atoms with van der Waals surface area (Å²) < 4.78 is 8.05. The second kappa shape index (κ2) is 8.70. The van der Waals surface area contributed by atoms with E-state index in [1.54, 1.807) is 18.3 Å². The van der Waals surface area contributed by atoms with Crippen LogP contribution < -0.4 is 10.1 Å². The summed E-state index contributed by atoms with van der Waals surface area (Å²) in [5, 5.41) is 7.18. The van der Waals surface area contributed by atoms with Crippen LogP contribution in [-0.4, -0.2) is 27.9 Å². The van der Waals surface area contributed by atoms with Crippen LogP contribution in [-0.2, 0) is 17.3 Å². The van der Waals surface area contributed by atoms with Gasteiger partial charge in [-0.05, 0) is 41.3 Å². The fraction of sp³-hybridized carbons (Fsp3) is 0.240. The maximum Gasteiger partial charge on any atom is 0.208 e. The van der Waals surface area contributed by atoms with Gasteiger partial charge >= 0.3 is 0 Å². The molecule has 0 aliphatic rings. The molecule has 32 heavy (non-hydrogen) atoms. The van der Waals surface area contributed by atoms with E-state index < -0.39 is 0 Å². The molecule has 0 saturated carbocycles. The van der Waals surface area contributed by atoms with Crippen LogP contribution in [0.2, 0.25) is 0 Å². The summed E-state index contributed by atoms with van der Waals surface area (Å²) in [6.07, 6.45) is 3.20. The van der Waals surface area contributed by atoms with Gasteiger partial charge in [-0.3, -0.25) is 4.98 Å². The number of nitrogens with one attached hydrogen (secondary N) is 1. The van der Waals surface area contributed by atoms with E-state index in [0.29, 0.717) is 17.2 Å². The fourth-order valence-electron chi connectivity index (χ4n) is 3.35. The molecule has 0 fully saturated rings. The van der Waals surface area contributed by atoms with Gasteiger partial charge in [-0.15, -0.1) is 0 Å². The van der Waals surface area contributed by atoms with Gasteiger partial charge in [-0.2, -0.15) is 0 Å². The lowest BCUT2D eigenvalue weighted by Gasteiger charge is -2.20. The standard InChI is InChI=1S/C25H27N5O2/c1-25(2,3)17-7-6-8-18(13-17)28-24-29-22-15-20(9-10-23(22)30(24)4)32-21-11-12-26-19(14-21)16-27-31-5/h6-16H,1-5H3,(H,28,29)/b27-16-. The number of fused-ring (bicyclic) bond motifs is 1. The molecule has 0 saturated heterocycles. The molecule has 4 aromatic rings. The predicted octanol–water partition coefficient (Wildman–Crippen LogP) is 5.78. The van der Waals surface area contributed by atoms with Crippen molar-refractivity contribution < 1.29 is 9.57 Å². The minimum absolute atomic E-state index is 0.0819. The number of oxime groups is 1. The van der Waals surface area contributed by atoms with Gasteiger partial charge in [0.2, 0.25) is 5.95 Å². The highest BCUT2D eigenvalue weighted by Gasteiger charge is 2.15. The van der Waals surface area contributed by atoms with Crippen molar-refractivity contribution in [1.29, 1.82) is 0 Å². The molecule has 7 nitrogen and oxygen atoms in total. The van der Waals surface area contributed by atoms with E-state index in [-0.39, 0.29) is 5.41 Å². The number of imidazole rings is 1. The van der Waals surface area contributed by atoms with Crippen molar-refractivity contribution in [3.05, 3.63) is 72.1 Å². The Labute approximate surface area is 187 Å². The number of nitrogens with zero attached hydrogens (tertiary/aromatic N) is 4. The van der Waals surface area contributed by atoms with Crippen molar-refractivity contribution in [1.82, 2.24) is 14.5 Å². The largest absolute Gasteiger partial charge is 0.457 e. The van der Waals surface area contributed by atoms with Crippen LogP contribution >= 0.6 is 0 Å². The number of rotatable bonds is 6. The second-order valence-electron chi connectivity index (χ2n) is 8.54. The molecule has 7 heteroatoms. The Hall–Kier alpha value is -3.87. The van der Waals surface area contributed by atoms with Gasteiger partial charge in [-0.25, -0.2) is 4.98 Å². The number of hydrogen-bond donors (Lipinski definition) is 1. The highest BCUT2D eigenvalue weighted by atomic mass is 16.6. The summed E-state index contributed by atoms with van der Waals surface area (Å²) in [5.74, 6) is 2.12. The topological polar surface area (TPSA) is 73.6 Å². The SMILES string of the molecule is CO/N=C\c1cc(Oc2ccc3c(c2)nc(Nc2cccc(C(C)(C)C)c2)n3C)ccn1. The first-order valence-electron chi connectivity index (χ1n) is 10.4. The Morgan fingerprint density at radius 3 is 2.62 bits per heavy atom. The average Bonchev–Trinajstić information content (AvgIpc) is 3.07. The van der Waals surface area contributed by atoms with Crippen molar-refractivity contribution in [2.24, 2.45) is 12.2 Å². The second-order valence-corrected chi connectivity index (χ2v) is 8.54. The van der Waals surface area contributed by atoms with Crippen molar-refractivity contribution in [2.75, 3.05) is 12.4 Å². The maximum atomic E-state index is 6.02. The van der Waals surface area contributed by atoms with Crippen LogP contribution in [0.1, 0.15) is 32.0 Å². The fourth-order valence-corrected chi connectivity index (χ4v) is 3.35. The number of ether oxygens (including phenoxy) is 1.